The minimum absolute atomic E-state index is 0.0403. The molecule has 1 amide bonds. The number of carbonyl (C=O) groups excluding carboxylic acids is 2. The van der Waals surface area contributed by atoms with Gasteiger partial charge in [0.15, 0.2) is 0 Å². The van der Waals surface area contributed by atoms with E-state index in [2.05, 4.69) is 62.5 Å². The van der Waals surface area contributed by atoms with Gasteiger partial charge in [-0.15, -0.1) is 0 Å². The maximum atomic E-state index is 13.6. The van der Waals surface area contributed by atoms with Crippen molar-refractivity contribution in [1.29, 1.82) is 0 Å². The van der Waals surface area contributed by atoms with E-state index >= 15 is 0 Å². The molecule has 0 radical (unpaired) electrons. The number of allylic oxidation sites excluding steroid dienone is 7. The lowest BCUT2D eigenvalue weighted by molar-refractivity contribution is -0.870. The molecule has 82 heavy (non-hydrogen) atoms. The van der Waals surface area contributed by atoms with Crippen LogP contribution in [0.1, 0.15) is 348 Å². The zero-order chi connectivity index (χ0) is 60.0. The Labute approximate surface area is 509 Å². The van der Waals surface area contributed by atoms with E-state index in [-0.39, 0.29) is 31.5 Å². The number of phosphoric ester groups is 1. The van der Waals surface area contributed by atoms with Crippen molar-refractivity contribution in [3.63, 3.8) is 0 Å². The molecule has 0 aliphatic rings. The molecule has 0 rings (SSSR count). The lowest BCUT2D eigenvalue weighted by Crippen LogP contribution is -2.47. The van der Waals surface area contributed by atoms with E-state index < -0.39 is 20.0 Å². The zero-order valence-corrected chi connectivity index (χ0v) is 56.1. The van der Waals surface area contributed by atoms with Gasteiger partial charge in [0.1, 0.15) is 19.3 Å². The third-order valence-electron chi connectivity index (χ3n) is 16.0. The predicted octanol–water partition coefficient (Wildman–Crippen LogP) is 22.4. The number of hydrogen-bond acceptors (Lipinski definition) is 6. The SMILES string of the molecule is CCCCC/C=C\C/C=C\CCCCCCCCCC(=O)OC(/C=C\CCCCCCCCCCCC)C(COP(=O)(O)OCC[N+](C)(C)C)NC(=O)CCCCCCCCCCCCCCCCCCC/C=C/CCCCCCCC. The Morgan fingerprint density at radius 1 is 0.427 bits per heavy atom. The van der Waals surface area contributed by atoms with Gasteiger partial charge in [-0.3, -0.25) is 18.6 Å². The van der Waals surface area contributed by atoms with Crippen LogP contribution in [-0.2, 0) is 27.9 Å². The molecule has 0 aromatic heterocycles. The van der Waals surface area contributed by atoms with Gasteiger partial charge < -0.3 is 19.4 Å². The summed E-state index contributed by atoms with van der Waals surface area (Å²) in [6, 6.07) is -0.850. The van der Waals surface area contributed by atoms with Gasteiger partial charge in [-0.05, 0) is 89.5 Å². The maximum absolute atomic E-state index is 13.6. The Balaban J connectivity index is 4.99. The van der Waals surface area contributed by atoms with Crippen LogP contribution in [0.4, 0.5) is 0 Å². The molecule has 0 aliphatic heterocycles. The van der Waals surface area contributed by atoms with Crippen LogP contribution in [0.2, 0.25) is 0 Å². The molecule has 0 saturated carbocycles. The second-order valence-electron chi connectivity index (χ2n) is 25.4. The molecular formula is C72H138N2O7P+. The molecule has 3 atom stereocenters. The van der Waals surface area contributed by atoms with E-state index in [4.69, 9.17) is 13.8 Å². The van der Waals surface area contributed by atoms with E-state index in [9.17, 15) is 19.0 Å². The van der Waals surface area contributed by atoms with Crippen LogP contribution in [0.3, 0.4) is 0 Å². The molecule has 0 aliphatic carbocycles. The fraction of sp³-hybridized carbons (Fsp3) is 0.861. The van der Waals surface area contributed by atoms with Gasteiger partial charge in [-0.2, -0.15) is 0 Å². The Kier molecular flexibility index (Phi) is 60.5. The molecule has 10 heteroatoms. The molecule has 0 heterocycles. The number of esters is 1. The van der Waals surface area contributed by atoms with Crippen molar-refractivity contribution in [3.8, 4) is 0 Å². The summed E-state index contributed by atoms with van der Waals surface area (Å²) in [5.74, 6) is -0.499. The van der Waals surface area contributed by atoms with Crippen LogP contribution in [0.25, 0.3) is 0 Å². The first-order valence-electron chi connectivity index (χ1n) is 35.5. The second-order valence-corrected chi connectivity index (χ2v) is 26.9. The van der Waals surface area contributed by atoms with Crippen molar-refractivity contribution in [2.75, 3.05) is 40.9 Å². The quantitative estimate of drug-likeness (QED) is 0.0205. The van der Waals surface area contributed by atoms with E-state index in [1.165, 1.54) is 238 Å². The number of amides is 1. The first-order valence-corrected chi connectivity index (χ1v) is 37.0. The van der Waals surface area contributed by atoms with Crippen LogP contribution in [0.15, 0.2) is 48.6 Å². The molecule has 2 N–H and O–H groups in total. The fourth-order valence-electron chi connectivity index (χ4n) is 10.5. The molecule has 482 valence electrons. The molecule has 0 aromatic carbocycles. The lowest BCUT2D eigenvalue weighted by atomic mass is 10.0. The standard InChI is InChI=1S/C72H137N2O7P/c1-7-10-13-16-19-22-25-28-30-32-33-34-35-36-37-38-39-40-41-43-44-46-49-52-55-58-61-64-71(75)73-69(68-80-82(77,78)79-67-66-74(4,5)6)70(63-60-57-54-51-48-27-24-21-18-15-12-9-3)81-72(76)65-62-59-56-53-50-47-45-42-31-29-26-23-20-17-14-11-8-2/h20,23,28-31,60,63,69-70H,7-19,21-22,24-27,32-59,61-62,64-68H2,1-6H3,(H-,73,75,77,78)/p+1/b23-20-,30-28+,31-29-,63-60-. The molecule has 0 spiro atoms. The lowest BCUT2D eigenvalue weighted by Gasteiger charge is -2.27. The molecule has 3 unspecified atom stereocenters. The van der Waals surface area contributed by atoms with Gasteiger partial charge in [0.2, 0.25) is 5.91 Å². The predicted molar refractivity (Wildman–Crippen MR) is 355 cm³/mol. The number of phosphoric acid groups is 1. The summed E-state index contributed by atoms with van der Waals surface area (Å²) < 4.78 is 30.8. The largest absolute Gasteiger partial charge is 0.472 e. The van der Waals surface area contributed by atoms with Crippen molar-refractivity contribution in [3.05, 3.63) is 48.6 Å². The number of unbranched alkanes of at least 4 members (excludes halogenated alkanes) is 43. The average Bonchev–Trinajstić information content (AvgIpc) is 3.44. The molecule has 9 nitrogen and oxygen atoms in total. The number of likely N-dealkylation sites (N-methyl/N-ethyl adjacent to an activating group) is 1. The van der Waals surface area contributed by atoms with Gasteiger partial charge in [0.25, 0.3) is 0 Å². The Hall–Kier alpha value is -2.03. The second kappa shape index (κ2) is 62.0. The number of rotatable bonds is 65. The topological polar surface area (TPSA) is 111 Å². The van der Waals surface area contributed by atoms with Crippen LogP contribution >= 0.6 is 7.82 Å². The van der Waals surface area contributed by atoms with Crippen molar-refractivity contribution in [1.82, 2.24) is 5.32 Å². The van der Waals surface area contributed by atoms with E-state index in [1.54, 1.807) is 0 Å². The van der Waals surface area contributed by atoms with Crippen molar-refractivity contribution >= 4 is 19.7 Å². The molecule has 0 fully saturated rings. The highest BCUT2D eigenvalue weighted by atomic mass is 31.2. The van der Waals surface area contributed by atoms with Crippen molar-refractivity contribution in [2.45, 2.75) is 360 Å². The third kappa shape index (κ3) is 62.5. The maximum Gasteiger partial charge on any atom is 0.472 e. The Morgan fingerprint density at radius 2 is 0.744 bits per heavy atom. The minimum atomic E-state index is -4.45. The number of carbonyl (C=O) groups is 2. The molecular weight excluding hydrogens is 1040 g/mol. The summed E-state index contributed by atoms with van der Waals surface area (Å²) in [4.78, 5) is 37.9. The molecule has 0 aromatic rings. The van der Waals surface area contributed by atoms with Crippen LogP contribution in [0.5, 0.6) is 0 Å². The minimum Gasteiger partial charge on any atom is -0.456 e. The van der Waals surface area contributed by atoms with E-state index in [0.717, 1.165) is 77.0 Å². The van der Waals surface area contributed by atoms with Gasteiger partial charge in [0.05, 0.1) is 33.8 Å². The van der Waals surface area contributed by atoms with Crippen molar-refractivity contribution in [2.24, 2.45) is 0 Å². The first kappa shape index (κ1) is 80.0. The van der Waals surface area contributed by atoms with Gasteiger partial charge in [-0.1, -0.05) is 294 Å². The summed E-state index contributed by atoms with van der Waals surface area (Å²) >= 11 is 0. The van der Waals surface area contributed by atoms with Crippen LogP contribution in [-0.4, -0.2) is 74.3 Å². The zero-order valence-electron chi connectivity index (χ0n) is 55.2. The Bertz CT molecular complexity index is 1540. The number of nitrogens with zero attached hydrogens (tertiary/aromatic N) is 1. The number of quaternary nitrogens is 1. The summed E-state index contributed by atoms with van der Waals surface area (Å²) in [5, 5.41) is 3.07. The Morgan fingerprint density at radius 3 is 1.13 bits per heavy atom. The normalized spacial score (nSPS) is 13.8. The molecule has 0 saturated heterocycles. The highest BCUT2D eigenvalue weighted by molar-refractivity contribution is 7.47. The summed E-state index contributed by atoms with van der Waals surface area (Å²) in [7, 11) is 1.50. The summed E-state index contributed by atoms with van der Waals surface area (Å²) in [6.45, 7) is 7.02. The summed E-state index contributed by atoms with van der Waals surface area (Å²) in [5.41, 5.74) is 0. The van der Waals surface area contributed by atoms with Gasteiger partial charge in [0, 0.05) is 12.8 Å². The smallest absolute Gasteiger partial charge is 0.456 e. The van der Waals surface area contributed by atoms with Gasteiger partial charge >= 0.3 is 13.8 Å². The first-order chi connectivity index (χ1) is 39.9. The van der Waals surface area contributed by atoms with Crippen LogP contribution in [0, 0.1) is 0 Å². The van der Waals surface area contributed by atoms with E-state index in [0.29, 0.717) is 17.4 Å². The summed E-state index contributed by atoms with van der Waals surface area (Å²) in [6.07, 6.45) is 78.4. The van der Waals surface area contributed by atoms with Gasteiger partial charge in [-0.25, -0.2) is 4.57 Å². The highest BCUT2D eigenvalue weighted by Crippen LogP contribution is 2.43. The fourth-order valence-corrected chi connectivity index (χ4v) is 11.2. The van der Waals surface area contributed by atoms with E-state index in [1.807, 2.05) is 33.3 Å². The van der Waals surface area contributed by atoms with Crippen LogP contribution < -0.4 is 5.32 Å². The highest BCUT2D eigenvalue weighted by Gasteiger charge is 2.30. The number of hydrogen-bond donors (Lipinski definition) is 2. The molecule has 0 bridgehead atoms. The number of ether oxygens (including phenoxy) is 1. The average molecular weight is 1170 g/mol. The monoisotopic (exact) mass is 1170 g/mol. The number of nitrogens with one attached hydrogen (secondary N) is 1. The third-order valence-corrected chi connectivity index (χ3v) is 17.0. The van der Waals surface area contributed by atoms with Crippen molar-refractivity contribution < 1.29 is 37.3 Å².